The third-order valence-electron chi connectivity index (χ3n) is 4.87. The van der Waals surface area contributed by atoms with Gasteiger partial charge in [-0.15, -0.1) is 0 Å². The summed E-state index contributed by atoms with van der Waals surface area (Å²) in [6, 6.07) is 9.72. The summed E-state index contributed by atoms with van der Waals surface area (Å²) in [4.78, 5) is 16.6. The summed E-state index contributed by atoms with van der Waals surface area (Å²) < 4.78 is 16.1. The second-order valence-corrected chi connectivity index (χ2v) is 6.51. The number of amides is 1. The molecule has 3 rings (SSSR count). The number of rotatable bonds is 6. The molecule has 140 valence electrons. The summed E-state index contributed by atoms with van der Waals surface area (Å²) in [6.07, 6.45) is 3.56. The fourth-order valence-corrected chi connectivity index (χ4v) is 3.58. The lowest BCUT2D eigenvalue weighted by atomic mass is 10.0. The van der Waals surface area contributed by atoms with Crippen LogP contribution in [0.1, 0.15) is 25.5 Å². The van der Waals surface area contributed by atoms with Gasteiger partial charge in [-0.1, -0.05) is 0 Å². The maximum absolute atomic E-state index is 12.4. The Kier molecular flexibility index (Phi) is 5.83. The van der Waals surface area contributed by atoms with E-state index in [4.69, 9.17) is 13.9 Å². The number of nitrogens with zero attached hydrogens (tertiary/aromatic N) is 2. The maximum atomic E-state index is 12.4. The van der Waals surface area contributed by atoms with E-state index in [1.54, 1.807) is 27.4 Å². The van der Waals surface area contributed by atoms with Crippen LogP contribution in [-0.4, -0.2) is 44.2 Å². The van der Waals surface area contributed by atoms with Crippen LogP contribution >= 0.6 is 0 Å². The molecule has 6 heteroatoms. The van der Waals surface area contributed by atoms with Crippen molar-refractivity contribution in [3.8, 4) is 11.5 Å². The van der Waals surface area contributed by atoms with Crippen LogP contribution in [0.15, 0.2) is 41.0 Å². The zero-order valence-electron chi connectivity index (χ0n) is 15.6. The molecule has 0 radical (unpaired) electrons. The summed E-state index contributed by atoms with van der Waals surface area (Å²) in [5.74, 6) is 2.31. The molecule has 0 N–H and O–H groups in total. The number of piperidine rings is 1. The van der Waals surface area contributed by atoms with E-state index in [0.29, 0.717) is 11.5 Å². The Labute approximate surface area is 154 Å². The second-order valence-electron chi connectivity index (χ2n) is 6.51. The first-order chi connectivity index (χ1) is 12.6. The molecule has 0 aliphatic carbocycles. The number of benzene rings is 1. The molecular weight excluding hydrogens is 332 g/mol. The number of hydrogen-bond donors (Lipinski definition) is 0. The van der Waals surface area contributed by atoms with Gasteiger partial charge in [-0.05, 0) is 37.1 Å². The molecule has 26 heavy (non-hydrogen) atoms. The first kappa shape index (κ1) is 18.3. The molecule has 2 heterocycles. The predicted molar refractivity (Wildman–Crippen MR) is 99.7 cm³/mol. The van der Waals surface area contributed by atoms with E-state index in [1.807, 2.05) is 35.2 Å². The molecular formula is C20H26N2O4. The van der Waals surface area contributed by atoms with Gasteiger partial charge in [0, 0.05) is 37.8 Å². The number of likely N-dealkylation sites (tertiary alicyclic amines) is 1. The number of ether oxygens (including phenoxy) is 2. The van der Waals surface area contributed by atoms with Crippen LogP contribution in [0, 0.1) is 0 Å². The van der Waals surface area contributed by atoms with E-state index in [9.17, 15) is 4.79 Å². The third-order valence-corrected chi connectivity index (χ3v) is 4.87. The molecule has 0 bridgehead atoms. The molecule has 1 aromatic carbocycles. The van der Waals surface area contributed by atoms with Gasteiger partial charge in [0.15, 0.2) is 11.5 Å². The van der Waals surface area contributed by atoms with Gasteiger partial charge < -0.3 is 18.8 Å². The fraction of sp³-hybridized carbons (Fsp3) is 0.450. The minimum atomic E-state index is 0.0432. The molecule has 1 fully saturated rings. The Morgan fingerprint density at radius 1 is 1.19 bits per heavy atom. The number of methoxy groups -OCH3 is 2. The smallest absolute Gasteiger partial charge is 0.224 e. The number of hydrogen-bond acceptors (Lipinski definition) is 5. The maximum Gasteiger partial charge on any atom is 0.224 e. The molecule has 2 aromatic rings. The van der Waals surface area contributed by atoms with Crippen molar-refractivity contribution in [1.82, 2.24) is 4.90 Å². The molecule has 0 spiro atoms. The number of anilines is 1. The Morgan fingerprint density at radius 3 is 2.50 bits per heavy atom. The predicted octanol–water partition coefficient (Wildman–Crippen LogP) is 3.31. The normalized spacial score (nSPS) is 15.7. The van der Waals surface area contributed by atoms with Crippen molar-refractivity contribution in [1.29, 1.82) is 0 Å². The Balaban J connectivity index is 1.70. The summed E-state index contributed by atoms with van der Waals surface area (Å²) in [6.45, 7) is 4.30. The van der Waals surface area contributed by atoms with Crippen LogP contribution in [0.4, 0.5) is 5.69 Å². The Morgan fingerprint density at radius 2 is 1.92 bits per heavy atom. The fourth-order valence-electron chi connectivity index (χ4n) is 3.58. The quantitative estimate of drug-likeness (QED) is 0.793. The van der Waals surface area contributed by atoms with Crippen LogP contribution in [0.5, 0.6) is 11.5 Å². The number of carbonyl (C=O) groups excluding carboxylic acids is 1. The van der Waals surface area contributed by atoms with Gasteiger partial charge in [-0.25, -0.2) is 0 Å². The summed E-state index contributed by atoms with van der Waals surface area (Å²) in [5, 5.41) is 0. The monoisotopic (exact) mass is 358 g/mol. The van der Waals surface area contributed by atoms with Crippen molar-refractivity contribution in [3.63, 3.8) is 0 Å². The summed E-state index contributed by atoms with van der Waals surface area (Å²) in [5.41, 5.74) is 0.847. The molecule has 0 saturated carbocycles. The molecule has 1 saturated heterocycles. The number of furan rings is 1. The van der Waals surface area contributed by atoms with Crippen molar-refractivity contribution in [2.45, 2.75) is 32.4 Å². The molecule has 6 nitrogen and oxygen atoms in total. The van der Waals surface area contributed by atoms with Crippen molar-refractivity contribution in [2.24, 2.45) is 0 Å². The van der Waals surface area contributed by atoms with Crippen LogP contribution in [0.3, 0.4) is 0 Å². The topological polar surface area (TPSA) is 55.2 Å². The standard InChI is InChI=1S/C20H26N2O4/c1-15(23)22(17-6-7-19(24-2)20(13-17)25-3)16-8-10-21(11-9-16)14-18-5-4-12-26-18/h4-7,12-13,16H,8-11,14H2,1-3H3. The van der Waals surface area contributed by atoms with Crippen molar-refractivity contribution in [3.05, 3.63) is 42.4 Å². The van der Waals surface area contributed by atoms with Gasteiger partial charge in [-0.2, -0.15) is 0 Å². The highest BCUT2D eigenvalue weighted by Gasteiger charge is 2.28. The Hall–Kier alpha value is -2.47. The number of carbonyl (C=O) groups is 1. The molecule has 1 aromatic heterocycles. The van der Waals surface area contributed by atoms with Crippen LogP contribution < -0.4 is 14.4 Å². The largest absolute Gasteiger partial charge is 0.493 e. The van der Waals surface area contributed by atoms with E-state index in [-0.39, 0.29) is 11.9 Å². The lowest BCUT2D eigenvalue weighted by Crippen LogP contribution is -2.46. The summed E-state index contributed by atoms with van der Waals surface area (Å²) >= 11 is 0. The van der Waals surface area contributed by atoms with Crippen molar-refractivity contribution < 1.29 is 18.7 Å². The highest BCUT2D eigenvalue weighted by Crippen LogP contribution is 2.33. The van der Waals surface area contributed by atoms with E-state index in [2.05, 4.69) is 4.90 Å². The molecule has 1 aliphatic rings. The summed E-state index contributed by atoms with van der Waals surface area (Å²) in [7, 11) is 3.21. The molecule has 1 aliphatic heterocycles. The van der Waals surface area contributed by atoms with Crippen LogP contribution in [0.25, 0.3) is 0 Å². The lowest BCUT2D eigenvalue weighted by Gasteiger charge is -2.38. The van der Waals surface area contributed by atoms with Gasteiger partial charge in [0.05, 0.1) is 27.0 Å². The molecule has 0 atom stereocenters. The van der Waals surface area contributed by atoms with Gasteiger partial charge in [-0.3, -0.25) is 9.69 Å². The van der Waals surface area contributed by atoms with Gasteiger partial charge >= 0.3 is 0 Å². The van der Waals surface area contributed by atoms with E-state index in [1.165, 1.54) is 0 Å². The van der Waals surface area contributed by atoms with E-state index < -0.39 is 0 Å². The minimum Gasteiger partial charge on any atom is -0.493 e. The van der Waals surface area contributed by atoms with Crippen molar-refractivity contribution >= 4 is 11.6 Å². The average Bonchev–Trinajstić information content (AvgIpc) is 3.16. The minimum absolute atomic E-state index is 0.0432. The van der Waals surface area contributed by atoms with Gasteiger partial charge in [0.2, 0.25) is 5.91 Å². The van der Waals surface area contributed by atoms with E-state index in [0.717, 1.165) is 43.9 Å². The highest BCUT2D eigenvalue weighted by atomic mass is 16.5. The van der Waals surface area contributed by atoms with E-state index >= 15 is 0 Å². The van der Waals surface area contributed by atoms with Crippen LogP contribution in [0.2, 0.25) is 0 Å². The highest BCUT2D eigenvalue weighted by molar-refractivity contribution is 5.92. The zero-order valence-corrected chi connectivity index (χ0v) is 15.6. The zero-order chi connectivity index (χ0) is 18.5. The second kappa shape index (κ2) is 8.27. The van der Waals surface area contributed by atoms with Crippen LogP contribution in [-0.2, 0) is 11.3 Å². The van der Waals surface area contributed by atoms with Gasteiger partial charge in [0.25, 0.3) is 0 Å². The Bertz CT molecular complexity index is 721. The molecule has 0 unspecified atom stereocenters. The van der Waals surface area contributed by atoms with Gasteiger partial charge in [0.1, 0.15) is 5.76 Å². The average molecular weight is 358 g/mol. The van der Waals surface area contributed by atoms with Crippen molar-refractivity contribution in [2.75, 3.05) is 32.2 Å². The first-order valence-electron chi connectivity index (χ1n) is 8.89. The molecule has 1 amide bonds. The SMILES string of the molecule is COc1ccc(N(C(C)=O)C2CCN(Cc3ccco3)CC2)cc1OC. The third kappa shape index (κ3) is 4.02. The first-order valence-corrected chi connectivity index (χ1v) is 8.89. The lowest BCUT2D eigenvalue weighted by molar-refractivity contribution is -0.117.